The first-order valence-electron chi connectivity index (χ1n) is 10.7. The second-order valence-corrected chi connectivity index (χ2v) is 8.06. The number of hydrogen-bond acceptors (Lipinski definition) is 4. The summed E-state index contributed by atoms with van der Waals surface area (Å²) in [6.45, 7) is 5.49. The van der Waals surface area contributed by atoms with Crippen LogP contribution in [0.3, 0.4) is 0 Å². The van der Waals surface area contributed by atoms with Gasteiger partial charge in [-0.3, -0.25) is 4.79 Å². The number of aromatic nitrogens is 2. The molecule has 31 heavy (non-hydrogen) atoms. The summed E-state index contributed by atoms with van der Waals surface area (Å²) in [5.41, 5.74) is 3.79. The number of para-hydroxylation sites is 1. The number of aryl methyl sites for hydroxylation is 2. The lowest BCUT2D eigenvalue weighted by molar-refractivity contribution is -0.133. The highest BCUT2D eigenvalue weighted by atomic mass is 16.5. The van der Waals surface area contributed by atoms with Crippen LogP contribution in [0.25, 0.3) is 5.69 Å². The van der Waals surface area contributed by atoms with E-state index in [-0.39, 0.29) is 11.8 Å². The first kappa shape index (κ1) is 21.1. The molecular formula is C25H29N3O3. The molecule has 0 unspecified atom stereocenters. The Labute approximate surface area is 183 Å². The van der Waals surface area contributed by atoms with Gasteiger partial charge in [-0.05, 0) is 56.5 Å². The van der Waals surface area contributed by atoms with E-state index in [4.69, 9.17) is 14.6 Å². The standard InChI is InChI=1S/C25H29N3O3/c1-18-8-7-11-22(16-18)31-25-23(17-27(14-15-30-3)24(29)20-12-13-20)19(2)26-28(25)21-9-5-4-6-10-21/h4-11,16,20H,12-15,17H2,1-3H3. The molecule has 162 valence electrons. The molecule has 0 atom stereocenters. The lowest BCUT2D eigenvalue weighted by Crippen LogP contribution is -2.34. The average molecular weight is 420 g/mol. The SMILES string of the molecule is COCCN(Cc1c(C)nn(-c2ccccc2)c1Oc1cccc(C)c1)C(=O)C1CC1. The van der Waals surface area contributed by atoms with Gasteiger partial charge in [0.1, 0.15) is 5.75 Å². The van der Waals surface area contributed by atoms with E-state index in [1.165, 1.54) is 0 Å². The van der Waals surface area contributed by atoms with Crippen LogP contribution in [0.5, 0.6) is 11.6 Å². The van der Waals surface area contributed by atoms with Crippen molar-refractivity contribution in [1.82, 2.24) is 14.7 Å². The Morgan fingerprint density at radius 3 is 2.58 bits per heavy atom. The Bertz CT molecular complexity index is 1040. The molecule has 1 fully saturated rings. The summed E-state index contributed by atoms with van der Waals surface area (Å²) in [5.74, 6) is 1.71. The molecule has 0 radical (unpaired) electrons. The van der Waals surface area contributed by atoms with Gasteiger partial charge in [0, 0.05) is 19.6 Å². The van der Waals surface area contributed by atoms with Crippen LogP contribution in [0.15, 0.2) is 54.6 Å². The molecule has 1 aromatic heterocycles. The molecule has 1 saturated carbocycles. The maximum absolute atomic E-state index is 12.9. The van der Waals surface area contributed by atoms with Crippen molar-refractivity contribution in [3.63, 3.8) is 0 Å². The molecule has 0 spiro atoms. The van der Waals surface area contributed by atoms with Gasteiger partial charge in [0.05, 0.1) is 30.1 Å². The van der Waals surface area contributed by atoms with Crippen molar-refractivity contribution in [1.29, 1.82) is 0 Å². The second kappa shape index (κ2) is 9.35. The minimum absolute atomic E-state index is 0.141. The van der Waals surface area contributed by atoms with Crippen molar-refractivity contribution in [2.45, 2.75) is 33.2 Å². The van der Waals surface area contributed by atoms with E-state index >= 15 is 0 Å². The van der Waals surface area contributed by atoms with Gasteiger partial charge in [0.25, 0.3) is 0 Å². The van der Waals surface area contributed by atoms with Gasteiger partial charge in [0.2, 0.25) is 11.8 Å². The molecule has 3 aromatic rings. The quantitative estimate of drug-likeness (QED) is 0.506. The summed E-state index contributed by atoms with van der Waals surface area (Å²) in [6.07, 6.45) is 1.94. The molecule has 2 aromatic carbocycles. The number of carbonyl (C=O) groups is 1. The topological polar surface area (TPSA) is 56.6 Å². The first-order valence-corrected chi connectivity index (χ1v) is 10.7. The number of benzene rings is 2. The Kier molecular flexibility index (Phi) is 6.37. The second-order valence-electron chi connectivity index (χ2n) is 8.06. The zero-order chi connectivity index (χ0) is 21.8. The number of ether oxygens (including phenoxy) is 2. The van der Waals surface area contributed by atoms with Crippen LogP contribution in [0, 0.1) is 19.8 Å². The van der Waals surface area contributed by atoms with Crippen LogP contribution in [0.1, 0.15) is 29.7 Å². The zero-order valence-electron chi connectivity index (χ0n) is 18.4. The Hall–Kier alpha value is -3.12. The van der Waals surface area contributed by atoms with Gasteiger partial charge in [0.15, 0.2) is 0 Å². The van der Waals surface area contributed by atoms with Crippen LogP contribution in [-0.4, -0.2) is 40.8 Å². The fraction of sp³-hybridized carbons (Fsp3) is 0.360. The van der Waals surface area contributed by atoms with Crippen molar-refractivity contribution >= 4 is 5.91 Å². The van der Waals surface area contributed by atoms with E-state index in [0.29, 0.717) is 25.6 Å². The van der Waals surface area contributed by atoms with Gasteiger partial charge >= 0.3 is 0 Å². The molecular weight excluding hydrogens is 390 g/mol. The number of carbonyl (C=O) groups excluding carboxylic acids is 1. The minimum atomic E-state index is 0.141. The van der Waals surface area contributed by atoms with Crippen LogP contribution in [-0.2, 0) is 16.1 Å². The van der Waals surface area contributed by atoms with Gasteiger partial charge in [-0.2, -0.15) is 5.10 Å². The van der Waals surface area contributed by atoms with E-state index in [1.54, 1.807) is 7.11 Å². The molecule has 1 aliphatic rings. The number of nitrogens with zero attached hydrogens (tertiary/aromatic N) is 3. The summed E-state index contributed by atoms with van der Waals surface area (Å²) in [6, 6.07) is 17.9. The van der Waals surface area contributed by atoms with Crippen LogP contribution < -0.4 is 4.74 Å². The normalized spacial score (nSPS) is 13.3. The number of hydrogen-bond donors (Lipinski definition) is 0. The van der Waals surface area contributed by atoms with Gasteiger partial charge in [-0.1, -0.05) is 30.3 Å². The number of amides is 1. The monoisotopic (exact) mass is 419 g/mol. The van der Waals surface area contributed by atoms with Gasteiger partial charge in [-0.15, -0.1) is 0 Å². The van der Waals surface area contributed by atoms with E-state index in [0.717, 1.165) is 41.1 Å². The zero-order valence-corrected chi connectivity index (χ0v) is 18.4. The minimum Gasteiger partial charge on any atom is -0.439 e. The molecule has 6 heteroatoms. The molecule has 0 bridgehead atoms. The molecule has 0 aliphatic heterocycles. The molecule has 1 amide bonds. The molecule has 4 rings (SSSR count). The summed E-state index contributed by atoms with van der Waals surface area (Å²) < 4.78 is 13.5. The van der Waals surface area contributed by atoms with Crippen molar-refractivity contribution in [3.05, 3.63) is 71.4 Å². The third-order valence-corrected chi connectivity index (χ3v) is 5.49. The largest absolute Gasteiger partial charge is 0.439 e. The van der Waals surface area contributed by atoms with Gasteiger partial charge < -0.3 is 14.4 Å². The van der Waals surface area contributed by atoms with Crippen molar-refractivity contribution in [2.24, 2.45) is 5.92 Å². The highest BCUT2D eigenvalue weighted by Gasteiger charge is 2.34. The van der Waals surface area contributed by atoms with Crippen LogP contribution >= 0.6 is 0 Å². The molecule has 1 heterocycles. The molecule has 0 N–H and O–H groups in total. The van der Waals surface area contributed by atoms with Crippen molar-refractivity contribution in [2.75, 3.05) is 20.3 Å². The Morgan fingerprint density at radius 1 is 1.13 bits per heavy atom. The summed E-state index contributed by atoms with van der Waals surface area (Å²) in [4.78, 5) is 14.8. The summed E-state index contributed by atoms with van der Waals surface area (Å²) in [7, 11) is 1.66. The highest BCUT2D eigenvalue weighted by Crippen LogP contribution is 2.35. The summed E-state index contributed by atoms with van der Waals surface area (Å²) in [5, 5.41) is 4.78. The first-order chi connectivity index (χ1) is 15.1. The van der Waals surface area contributed by atoms with E-state index in [2.05, 4.69) is 0 Å². The van der Waals surface area contributed by atoms with Crippen LogP contribution in [0.4, 0.5) is 0 Å². The Morgan fingerprint density at radius 2 is 1.90 bits per heavy atom. The highest BCUT2D eigenvalue weighted by molar-refractivity contribution is 5.81. The molecule has 6 nitrogen and oxygen atoms in total. The van der Waals surface area contributed by atoms with E-state index in [1.807, 2.05) is 78.0 Å². The molecule has 0 saturated heterocycles. The fourth-order valence-electron chi connectivity index (χ4n) is 3.61. The lowest BCUT2D eigenvalue weighted by Gasteiger charge is -2.23. The Balaban J connectivity index is 1.73. The molecule has 1 aliphatic carbocycles. The predicted molar refractivity (Wildman–Crippen MR) is 120 cm³/mol. The van der Waals surface area contributed by atoms with E-state index in [9.17, 15) is 4.79 Å². The maximum Gasteiger partial charge on any atom is 0.227 e. The summed E-state index contributed by atoms with van der Waals surface area (Å²) >= 11 is 0. The van der Waals surface area contributed by atoms with Gasteiger partial charge in [-0.25, -0.2) is 4.68 Å². The van der Waals surface area contributed by atoms with Crippen molar-refractivity contribution < 1.29 is 14.3 Å². The van der Waals surface area contributed by atoms with Crippen molar-refractivity contribution in [3.8, 4) is 17.3 Å². The third kappa shape index (κ3) is 4.97. The average Bonchev–Trinajstić information content (AvgIpc) is 3.58. The smallest absolute Gasteiger partial charge is 0.227 e. The lowest BCUT2D eigenvalue weighted by atomic mass is 10.2. The van der Waals surface area contributed by atoms with Crippen LogP contribution in [0.2, 0.25) is 0 Å². The maximum atomic E-state index is 12.9. The predicted octanol–water partition coefficient (Wildman–Crippen LogP) is 4.67. The number of rotatable bonds is 9. The third-order valence-electron chi connectivity index (χ3n) is 5.49. The number of methoxy groups -OCH3 is 1. The van der Waals surface area contributed by atoms with E-state index < -0.39 is 0 Å². The fourth-order valence-corrected chi connectivity index (χ4v) is 3.61.